The van der Waals surface area contributed by atoms with Crippen molar-refractivity contribution in [2.24, 2.45) is 0 Å². The highest BCUT2D eigenvalue weighted by Crippen LogP contribution is 2.27. The van der Waals surface area contributed by atoms with E-state index >= 15 is 0 Å². The van der Waals surface area contributed by atoms with Crippen LogP contribution in [0.5, 0.6) is 0 Å². The predicted molar refractivity (Wildman–Crippen MR) is 85.3 cm³/mol. The van der Waals surface area contributed by atoms with E-state index in [-0.39, 0.29) is 0 Å². The topological polar surface area (TPSA) is 31.1 Å². The molecule has 20 heavy (non-hydrogen) atoms. The van der Waals surface area contributed by atoms with Crippen molar-refractivity contribution >= 4 is 22.5 Å². The number of nitrogens with zero attached hydrogens (tertiary/aromatic N) is 1. The first kappa shape index (κ1) is 13.9. The van der Waals surface area contributed by atoms with Gasteiger partial charge in [0.05, 0.1) is 5.02 Å². The third-order valence-electron chi connectivity index (χ3n) is 4.06. The van der Waals surface area contributed by atoms with Gasteiger partial charge in [-0.1, -0.05) is 36.7 Å². The van der Waals surface area contributed by atoms with Crippen molar-refractivity contribution in [2.75, 3.05) is 19.6 Å². The molecule has 1 aliphatic carbocycles. The lowest BCUT2D eigenvalue weighted by Gasteiger charge is -2.19. The Labute approximate surface area is 125 Å². The number of hydrogen-bond acceptors (Lipinski definition) is 2. The highest BCUT2D eigenvalue weighted by molar-refractivity contribution is 6.36. The Bertz CT molecular complexity index is 574. The number of hydrogen-bond donors (Lipinski definition) is 2. The summed E-state index contributed by atoms with van der Waals surface area (Å²) in [5.74, 6) is 0. The number of rotatable bonds is 7. The Morgan fingerprint density at radius 2 is 2.15 bits per heavy atom. The second-order valence-corrected chi connectivity index (χ2v) is 5.88. The fraction of sp³-hybridized carbons (Fsp3) is 0.500. The molecule has 1 fully saturated rings. The van der Waals surface area contributed by atoms with Crippen molar-refractivity contribution in [2.45, 2.75) is 32.4 Å². The summed E-state index contributed by atoms with van der Waals surface area (Å²) in [6, 6.07) is 9.02. The molecule has 0 atom stereocenters. The molecule has 3 rings (SSSR count). The summed E-state index contributed by atoms with van der Waals surface area (Å²) in [6.45, 7) is 6.33. The molecule has 1 aromatic carbocycles. The minimum Gasteiger partial charge on any atom is -0.356 e. The zero-order chi connectivity index (χ0) is 13.9. The Balaban J connectivity index is 1.53. The molecule has 0 amide bonds. The van der Waals surface area contributed by atoms with Gasteiger partial charge >= 0.3 is 0 Å². The van der Waals surface area contributed by atoms with Gasteiger partial charge in [0.15, 0.2) is 0 Å². The normalized spacial score (nSPS) is 15.3. The molecule has 0 radical (unpaired) electrons. The van der Waals surface area contributed by atoms with Gasteiger partial charge in [-0.3, -0.25) is 4.90 Å². The quantitative estimate of drug-likeness (QED) is 0.766. The van der Waals surface area contributed by atoms with E-state index in [1.807, 2.05) is 12.1 Å². The molecule has 0 aliphatic heterocycles. The van der Waals surface area contributed by atoms with E-state index in [4.69, 9.17) is 11.6 Å². The van der Waals surface area contributed by atoms with Crippen LogP contribution < -0.4 is 5.32 Å². The minimum atomic E-state index is 0.801. The number of nitrogens with one attached hydrogen (secondary N) is 2. The van der Waals surface area contributed by atoms with Gasteiger partial charge in [-0.25, -0.2) is 0 Å². The molecule has 1 aliphatic rings. The summed E-state index contributed by atoms with van der Waals surface area (Å²) in [6.07, 6.45) is 2.75. The summed E-state index contributed by atoms with van der Waals surface area (Å²) >= 11 is 6.40. The maximum absolute atomic E-state index is 6.40. The molecule has 1 saturated carbocycles. The number of para-hydroxylation sites is 1. The molecule has 4 heteroatoms. The highest BCUT2D eigenvalue weighted by atomic mass is 35.5. The second kappa shape index (κ2) is 6.17. The van der Waals surface area contributed by atoms with Crippen LogP contribution in [0.2, 0.25) is 5.02 Å². The predicted octanol–water partition coefficient (Wildman–Crippen LogP) is 3.40. The summed E-state index contributed by atoms with van der Waals surface area (Å²) in [5, 5.41) is 5.45. The lowest BCUT2D eigenvalue weighted by Crippen LogP contribution is -2.33. The van der Waals surface area contributed by atoms with Crippen molar-refractivity contribution in [3.05, 3.63) is 35.0 Å². The average molecular weight is 292 g/mol. The molecule has 108 valence electrons. The van der Waals surface area contributed by atoms with Gasteiger partial charge in [0.2, 0.25) is 0 Å². The van der Waals surface area contributed by atoms with Crippen LogP contribution in [0.25, 0.3) is 10.9 Å². The van der Waals surface area contributed by atoms with Crippen LogP contribution in [0.4, 0.5) is 0 Å². The number of H-pyrrole nitrogens is 1. The molecule has 1 heterocycles. The first-order chi connectivity index (χ1) is 9.79. The SMILES string of the molecule is CCN(CCNCc1[nH]c2ccccc2c1Cl)C1CC1. The van der Waals surface area contributed by atoms with E-state index in [0.717, 1.165) is 53.8 Å². The Kier molecular flexibility index (Phi) is 4.29. The van der Waals surface area contributed by atoms with E-state index in [1.165, 1.54) is 12.8 Å². The van der Waals surface area contributed by atoms with Crippen LogP contribution in [0.3, 0.4) is 0 Å². The van der Waals surface area contributed by atoms with Gasteiger partial charge in [-0.05, 0) is 25.5 Å². The van der Waals surface area contributed by atoms with E-state index in [0.29, 0.717) is 0 Å². The Morgan fingerprint density at radius 3 is 2.85 bits per heavy atom. The summed E-state index contributed by atoms with van der Waals surface area (Å²) < 4.78 is 0. The van der Waals surface area contributed by atoms with Crippen molar-refractivity contribution in [1.82, 2.24) is 15.2 Å². The fourth-order valence-electron chi connectivity index (χ4n) is 2.76. The standard InChI is InChI=1S/C16H22ClN3/c1-2-20(12-7-8-12)10-9-18-11-15-16(17)13-5-3-4-6-14(13)19-15/h3-6,12,18-19H,2,7-11H2,1H3. The van der Waals surface area contributed by atoms with Gasteiger partial charge in [0, 0.05) is 42.3 Å². The van der Waals surface area contributed by atoms with Gasteiger partial charge < -0.3 is 10.3 Å². The van der Waals surface area contributed by atoms with Gasteiger partial charge in [0.25, 0.3) is 0 Å². The Hall–Kier alpha value is -1.03. The number of benzene rings is 1. The molecular weight excluding hydrogens is 270 g/mol. The number of likely N-dealkylation sites (N-methyl/N-ethyl adjacent to an activating group) is 1. The fourth-order valence-corrected chi connectivity index (χ4v) is 3.04. The van der Waals surface area contributed by atoms with Gasteiger partial charge in [-0.2, -0.15) is 0 Å². The van der Waals surface area contributed by atoms with Crippen LogP contribution in [0, 0.1) is 0 Å². The monoisotopic (exact) mass is 291 g/mol. The number of aromatic nitrogens is 1. The zero-order valence-corrected chi connectivity index (χ0v) is 12.7. The molecule has 1 aromatic heterocycles. The van der Waals surface area contributed by atoms with E-state index in [2.05, 4.69) is 34.3 Å². The maximum Gasteiger partial charge on any atom is 0.0705 e. The molecule has 2 aromatic rings. The molecule has 0 unspecified atom stereocenters. The van der Waals surface area contributed by atoms with Crippen LogP contribution in [0.1, 0.15) is 25.5 Å². The van der Waals surface area contributed by atoms with Gasteiger partial charge in [0.1, 0.15) is 0 Å². The lowest BCUT2D eigenvalue weighted by molar-refractivity contribution is 0.277. The van der Waals surface area contributed by atoms with Crippen molar-refractivity contribution in [3.8, 4) is 0 Å². The molecular formula is C16H22ClN3. The summed E-state index contributed by atoms with van der Waals surface area (Å²) in [4.78, 5) is 5.95. The second-order valence-electron chi connectivity index (χ2n) is 5.50. The smallest absolute Gasteiger partial charge is 0.0705 e. The van der Waals surface area contributed by atoms with Crippen molar-refractivity contribution < 1.29 is 0 Å². The van der Waals surface area contributed by atoms with Crippen LogP contribution in [-0.4, -0.2) is 35.6 Å². The molecule has 0 saturated heterocycles. The Morgan fingerprint density at radius 1 is 1.35 bits per heavy atom. The van der Waals surface area contributed by atoms with Crippen molar-refractivity contribution in [3.63, 3.8) is 0 Å². The van der Waals surface area contributed by atoms with Crippen LogP contribution >= 0.6 is 11.6 Å². The number of aromatic amines is 1. The summed E-state index contributed by atoms with van der Waals surface area (Å²) in [7, 11) is 0. The third kappa shape index (κ3) is 3.00. The van der Waals surface area contributed by atoms with E-state index < -0.39 is 0 Å². The van der Waals surface area contributed by atoms with E-state index in [9.17, 15) is 0 Å². The van der Waals surface area contributed by atoms with Gasteiger partial charge in [-0.15, -0.1) is 0 Å². The summed E-state index contributed by atoms with van der Waals surface area (Å²) in [5.41, 5.74) is 2.20. The first-order valence-corrected chi connectivity index (χ1v) is 7.87. The van der Waals surface area contributed by atoms with Crippen LogP contribution in [-0.2, 0) is 6.54 Å². The number of fused-ring (bicyclic) bond motifs is 1. The maximum atomic E-state index is 6.40. The molecule has 2 N–H and O–H groups in total. The number of halogens is 1. The highest BCUT2D eigenvalue weighted by Gasteiger charge is 2.26. The van der Waals surface area contributed by atoms with Crippen LogP contribution in [0.15, 0.2) is 24.3 Å². The molecule has 0 bridgehead atoms. The lowest BCUT2D eigenvalue weighted by atomic mass is 10.2. The minimum absolute atomic E-state index is 0.801. The van der Waals surface area contributed by atoms with E-state index in [1.54, 1.807) is 0 Å². The van der Waals surface area contributed by atoms with Crippen molar-refractivity contribution in [1.29, 1.82) is 0 Å². The molecule has 3 nitrogen and oxygen atoms in total. The zero-order valence-electron chi connectivity index (χ0n) is 12.0. The average Bonchev–Trinajstić information content (AvgIpc) is 3.26. The largest absolute Gasteiger partial charge is 0.356 e. The first-order valence-electron chi connectivity index (χ1n) is 7.49. The third-order valence-corrected chi connectivity index (χ3v) is 4.49. The molecule has 0 spiro atoms.